The van der Waals surface area contributed by atoms with Gasteiger partial charge < -0.3 is 0 Å². The zero-order valence-corrected chi connectivity index (χ0v) is 6.01. The van der Waals surface area contributed by atoms with Crippen LogP contribution in [0.5, 0.6) is 0 Å². The number of nitrogens with zero attached hydrogens (tertiary/aromatic N) is 2. The van der Waals surface area contributed by atoms with E-state index in [0.29, 0.717) is 0 Å². The zero-order chi connectivity index (χ0) is 5.28. The maximum Gasteiger partial charge on any atom is 0.250 e. The van der Waals surface area contributed by atoms with Crippen LogP contribution in [-0.2, 0) is 0 Å². The highest BCUT2D eigenvalue weighted by atomic mass is 127. The lowest BCUT2D eigenvalue weighted by Gasteiger charge is -1.72. The molecule has 7 heavy (non-hydrogen) atoms. The molecule has 0 amide bonds. The van der Waals surface area contributed by atoms with Crippen LogP contribution >= 0.6 is 22.6 Å². The highest BCUT2D eigenvalue weighted by molar-refractivity contribution is 14.1. The van der Waals surface area contributed by atoms with E-state index in [-0.39, 0.29) is 0 Å². The van der Waals surface area contributed by atoms with E-state index in [1.807, 2.05) is 6.92 Å². The molecule has 0 atom stereocenters. The van der Waals surface area contributed by atoms with Crippen LogP contribution in [-0.4, -0.2) is 9.68 Å². The molecule has 0 saturated heterocycles. The quantitative estimate of drug-likeness (QED) is 0.323. The number of rotatable bonds is 0. The van der Waals surface area contributed by atoms with Crippen LogP contribution in [0.25, 0.3) is 0 Å². The molecule has 1 rings (SSSR count). The van der Waals surface area contributed by atoms with E-state index in [1.54, 1.807) is 5.43 Å². The summed E-state index contributed by atoms with van der Waals surface area (Å²) >= 11 is 2.08. The topological polar surface area (TPSA) is 41.3 Å². The number of hydrogen-bond donors (Lipinski definition) is 1. The molecule has 4 heteroatoms. The predicted octanol–water partition coefficient (Wildman–Crippen LogP) is -0.312. The number of halogens is 1. The minimum atomic E-state index is 0.829. The molecule has 1 aliphatic heterocycles. The van der Waals surface area contributed by atoms with Crippen LogP contribution in [0.2, 0.25) is 0 Å². The monoisotopic (exact) mass is 210 g/mol. The van der Waals surface area contributed by atoms with Crippen molar-refractivity contribution in [1.82, 2.24) is 0 Å². The normalized spacial score (nSPS) is 19.1. The molecular formula is C3H5IN3+. The van der Waals surface area contributed by atoms with Crippen molar-refractivity contribution in [3.8, 4) is 0 Å². The molecule has 0 aromatic rings. The van der Waals surface area contributed by atoms with Crippen molar-refractivity contribution < 1.29 is 5.43 Å². The van der Waals surface area contributed by atoms with E-state index in [9.17, 15) is 0 Å². The number of aliphatic imine (C=N–C) groups is 1. The summed E-state index contributed by atoms with van der Waals surface area (Å²) in [6.45, 7) is 1.93. The van der Waals surface area contributed by atoms with Gasteiger partial charge in [0, 0.05) is 29.5 Å². The summed E-state index contributed by atoms with van der Waals surface area (Å²) < 4.78 is 0.829. The van der Waals surface area contributed by atoms with E-state index in [2.05, 4.69) is 32.7 Å². The van der Waals surface area contributed by atoms with Crippen LogP contribution in [0.4, 0.5) is 0 Å². The second kappa shape index (κ2) is 1.87. The van der Waals surface area contributed by atoms with Crippen molar-refractivity contribution in [1.29, 1.82) is 0 Å². The molecule has 0 radical (unpaired) electrons. The first-order chi connectivity index (χ1) is 3.29. The summed E-state index contributed by atoms with van der Waals surface area (Å²) in [5, 5.41) is 3.89. The molecule has 0 fully saturated rings. The Morgan fingerprint density at radius 1 is 1.71 bits per heavy atom. The predicted molar refractivity (Wildman–Crippen MR) is 36.5 cm³/mol. The van der Waals surface area contributed by atoms with Gasteiger partial charge in [-0.3, -0.25) is 0 Å². The van der Waals surface area contributed by atoms with Gasteiger partial charge in [-0.1, -0.05) is 5.10 Å². The number of amidine groups is 2. The standard InChI is InChI=1S/C3H4IN3/c1-2-5-3(4)7-6-2/h1H3,(H,5,6,7)/p+1. The zero-order valence-electron chi connectivity index (χ0n) is 3.85. The van der Waals surface area contributed by atoms with E-state index in [4.69, 9.17) is 0 Å². The molecule has 1 aliphatic rings. The highest BCUT2D eigenvalue weighted by Crippen LogP contribution is 1.91. The Hall–Kier alpha value is 0.0300. The summed E-state index contributed by atoms with van der Waals surface area (Å²) in [6, 6.07) is 0. The maximum absolute atomic E-state index is 3.99. The Labute approximate surface area is 55.0 Å². The number of hydrogen-bond acceptors (Lipinski definition) is 2. The molecule has 3 nitrogen and oxygen atoms in total. The van der Waals surface area contributed by atoms with Gasteiger partial charge in [0.1, 0.15) is 0 Å². The van der Waals surface area contributed by atoms with E-state index in [0.717, 1.165) is 9.68 Å². The molecule has 38 valence electrons. The summed E-state index contributed by atoms with van der Waals surface area (Å²) in [4.78, 5) is 3.99. The lowest BCUT2D eigenvalue weighted by atomic mass is 10.7. The first kappa shape index (κ1) is 5.17. The summed E-state index contributed by atoms with van der Waals surface area (Å²) in [6.07, 6.45) is 0. The van der Waals surface area contributed by atoms with Gasteiger partial charge in [0.15, 0.2) is 0 Å². The first-order valence-corrected chi connectivity index (χ1v) is 2.99. The number of nitrogens with two attached hydrogens (primary N) is 1. The van der Waals surface area contributed by atoms with Gasteiger partial charge in [0.2, 0.25) is 9.68 Å². The fourth-order valence-electron chi connectivity index (χ4n) is 0.350. The van der Waals surface area contributed by atoms with Gasteiger partial charge in [-0.25, -0.2) is 0 Å². The first-order valence-electron chi connectivity index (χ1n) is 1.91. The second-order valence-electron chi connectivity index (χ2n) is 1.28. The van der Waals surface area contributed by atoms with Crippen LogP contribution in [0, 0.1) is 0 Å². The molecule has 0 aromatic carbocycles. The summed E-state index contributed by atoms with van der Waals surface area (Å²) in [7, 11) is 0. The van der Waals surface area contributed by atoms with Crippen molar-refractivity contribution >= 4 is 32.3 Å². The Morgan fingerprint density at radius 2 is 2.43 bits per heavy atom. The third kappa shape index (κ3) is 1.20. The van der Waals surface area contributed by atoms with Crippen molar-refractivity contribution in [3.63, 3.8) is 0 Å². The molecule has 0 spiro atoms. The van der Waals surface area contributed by atoms with Crippen LogP contribution < -0.4 is 5.43 Å². The van der Waals surface area contributed by atoms with Gasteiger partial charge >= 0.3 is 0 Å². The van der Waals surface area contributed by atoms with Gasteiger partial charge in [-0.15, -0.1) is 0 Å². The van der Waals surface area contributed by atoms with Crippen LogP contribution in [0.3, 0.4) is 0 Å². The van der Waals surface area contributed by atoms with Crippen molar-refractivity contribution in [2.75, 3.05) is 0 Å². The number of quaternary nitrogens is 1. The molecule has 0 saturated carbocycles. The van der Waals surface area contributed by atoms with Crippen LogP contribution in [0.15, 0.2) is 10.1 Å². The Morgan fingerprint density at radius 3 is 2.57 bits per heavy atom. The van der Waals surface area contributed by atoms with Crippen LogP contribution in [0.1, 0.15) is 6.92 Å². The van der Waals surface area contributed by atoms with E-state index < -0.39 is 0 Å². The Bertz CT molecular complexity index is 137. The lowest BCUT2D eigenvalue weighted by Crippen LogP contribution is -2.79. The lowest BCUT2D eigenvalue weighted by molar-refractivity contribution is -0.542. The third-order valence-electron chi connectivity index (χ3n) is 0.627. The molecule has 0 unspecified atom stereocenters. The molecule has 1 heterocycles. The van der Waals surface area contributed by atoms with E-state index >= 15 is 0 Å². The summed E-state index contributed by atoms with van der Waals surface area (Å²) in [5.41, 5.74) is 1.75. The molecule has 0 aromatic heterocycles. The maximum atomic E-state index is 3.99. The van der Waals surface area contributed by atoms with Gasteiger partial charge in [-0.05, 0) is 0 Å². The van der Waals surface area contributed by atoms with Crippen molar-refractivity contribution in [2.45, 2.75) is 6.92 Å². The average Bonchev–Trinajstić information content (AvgIpc) is 1.87. The smallest absolute Gasteiger partial charge is 0.173 e. The fourth-order valence-corrected chi connectivity index (χ4v) is 0.870. The fraction of sp³-hybridized carbons (Fsp3) is 0.333. The molecule has 0 bridgehead atoms. The SMILES string of the molecule is CC1=NC(I)=N[NH2+]1. The van der Waals surface area contributed by atoms with Crippen molar-refractivity contribution in [3.05, 3.63) is 0 Å². The minimum Gasteiger partial charge on any atom is -0.173 e. The second-order valence-corrected chi connectivity index (χ2v) is 2.25. The highest BCUT2D eigenvalue weighted by Gasteiger charge is 2.04. The van der Waals surface area contributed by atoms with Gasteiger partial charge in [0.05, 0.1) is 0 Å². The van der Waals surface area contributed by atoms with E-state index in [1.165, 1.54) is 0 Å². The Balaban J connectivity index is 2.69. The summed E-state index contributed by atoms with van der Waals surface area (Å²) in [5.74, 6) is 0.990. The Kier molecular flexibility index (Phi) is 1.38. The van der Waals surface area contributed by atoms with Gasteiger partial charge in [0.25, 0.3) is 0 Å². The molecule has 2 N–H and O–H groups in total. The largest absolute Gasteiger partial charge is 0.250 e. The third-order valence-corrected chi connectivity index (χ3v) is 1.15. The molecule has 0 aliphatic carbocycles. The van der Waals surface area contributed by atoms with Crippen molar-refractivity contribution in [2.24, 2.45) is 10.1 Å². The van der Waals surface area contributed by atoms with Gasteiger partial charge in [-0.2, -0.15) is 10.4 Å². The minimum absolute atomic E-state index is 0.829. The average molecular weight is 210 g/mol. The molecular weight excluding hydrogens is 205 g/mol.